The van der Waals surface area contributed by atoms with Gasteiger partial charge in [0.2, 0.25) is 0 Å². The van der Waals surface area contributed by atoms with Gasteiger partial charge in [-0.15, -0.1) is 0 Å². The molecule has 1 aliphatic heterocycles. The largest absolute Gasteiger partial charge is 0.398 e. The van der Waals surface area contributed by atoms with Gasteiger partial charge >= 0.3 is 0 Å². The Morgan fingerprint density at radius 2 is 1.91 bits per heavy atom. The van der Waals surface area contributed by atoms with E-state index in [1.807, 2.05) is 55.5 Å². The first-order valence-electron chi connectivity index (χ1n) is 7.63. The lowest BCUT2D eigenvalue weighted by Gasteiger charge is -2.34. The molecule has 1 heterocycles. The zero-order valence-electron chi connectivity index (χ0n) is 12.9. The highest BCUT2D eigenvalue weighted by molar-refractivity contribution is 6.17. The first-order chi connectivity index (χ1) is 11.1. The highest BCUT2D eigenvalue weighted by Gasteiger charge is 2.27. The van der Waals surface area contributed by atoms with Crippen molar-refractivity contribution in [2.75, 3.05) is 10.6 Å². The predicted molar refractivity (Wildman–Crippen MR) is 96.5 cm³/mol. The fourth-order valence-corrected chi connectivity index (χ4v) is 2.98. The third kappa shape index (κ3) is 2.24. The molecule has 0 amide bonds. The predicted octanol–water partition coefficient (Wildman–Crippen LogP) is 3.58. The minimum atomic E-state index is -0.112. The summed E-state index contributed by atoms with van der Waals surface area (Å²) in [6.07, 6.45) is 5.98. The molecule has 23 heavy (non-hydrogen) atoms. The number of allylic oxidation sites excluding steroid dienone is 1. The van der Waals surface area contributed by atoms with Gasteiger partial charge in [0, 0.05) is 17.4 Å². The monoisotopic (exact) mass is 302 g/mol. The van der Waals surface area contributed by atoms with Crippen molar-refractivity contribution in [2.45, 2.75) is 13.0 Å². The van der Waals surface area contributed by atoms with E-state index in [9.17, 15) is 0 Å². The van der Waals surface area contributed by atoms with Gasteiger partial charge in [-0.1, -0.05) is 24.3 Å². The van der Waals surface area contributed by atoms with Crippen LogP contribution in [0.2, 0.25) is 0 Å². The number of anilines is 3. The number of rotatable bonds is 1. The van der Waals surface area contributed by atoms with E-state index in [-0.39, 0.29) is 6.04 Å². The van der Waals surface area contributed by atoms with Gasteiger partial charge in [0.15, 0.2) is 0 Å². The smallest absolute Gasteiger partial charge is 0.0882 e. The minimum Gasteiger partial charge on any atom is -0.398 e. The quantitative estimate of drug-likeness (QED) is 0.791. The molecular weight excluding hydrogens is 284 g/mol. The zero-order valence-corrected chi connectivity index (χ0v) is 12.9. The number of nitrogen functional groups attached to an aromatic ring is 1. The molecule has 4 N–H and O–H groups in total. The van der Waals surface area contributed by atoms with Gasteiger partial charge in [0.25, 0.3) is 0 Å². The zero-order chi connectivity index (χ0) is 16.0. The Kier molecular flexibility index (Phi) is 3.06. The van der Waals surface area contributed by atoms with Crippen LogP contribution >= 0.6 is 0 Å². The van der Waals surface area contributed by atoms with Crippen molar-refractivity contribution < 1.29 is 0 Å². The van der Waals surface area contributed by atoms with Crippen molar-refractivity contribution in [3.05, 3.63) is 72.0 Å². The second-order valence-electron chi connectivity index (χ2n) is 5.85. The third-order valence-electron chi connectivity index (χ3n) is 4.19. The van der Waals surface area contributed by atoms with Crippen LogP contribution in [-0.4, -0.2) is 11.8 Å². The van der Waals surface area contributed by atoms with Gasteiger partial charge in [-0.3, -0.25) is 0 Å². The summed E-state index contributed by atoms with van der Waals surface area (Å²) in [5, 5.41) is 0. The fraction of sp³-hybridized carbons (Fsp3) is 0.105. The fourth-order valence-electron chi connectivity index (χ4n) is 2.98. The topological polar surface area (TPSA) is 67.6 Å². The summed E-state index contributed by atoms with van der Waals surface area (Å²) in [5.74, 6) is 0. The second kappa shape index (κ2) is 5.11. The molecule has 1 unspecified atom stereocenters. The van der Waals surface area contributed by atoms with Gasteiger partial charge in [0.1, 0.15) is 0 Å². The molecule has 0 bridgehead atoms. The maximum atomic E-state index is 6.15. The Hall–Kier alpha value is -2.85. The second-order valence-corrected chi connectivity index (χ2v) is 5.85. The molecule has 0 radical (unpaired) electrons. The highest BCUT2D eigenvalue weighted by atomic mass is 15.2. The van der Waals surface area contributed by atoms with Gasteiger partial charge in [-0.2, -0.15) is 0 Å². The molecule has 114 valence electrons. The molecule has 4 heteroatoms. The molecule has 2 aliphatic rings. The van der Waals surface area contributed by atoms with Crippen LogP contribution in [0, 0.1) is 6.92 Å². The van der Waals surface area contributed by atoms with Crippen LogP contribution in [0.1, 0.15) is 5.56 Å². The Morgan fingerprint density at radius 3 is 2.70 bits per heavy atom. The van der Waals surface area contributed by atoms with Crippen molar-refractivity contribution in [3.8, 4) is 0 Å². The normalized spacial score (nSPS) is 18.9. The lowest BCUT2D eigenvalue weighted by molar-refractivity contribution is 0.996. The number of hydrogen-bond donors (Lipinski definition) is 2. The molecule has 0 spiro atoms. The number of nitrogens with zero attached hydrogens (tertiary/aromatic N) is 2. The molecule has 4 nitrogen and oxygen atoms in total. The number of para-hydroxylation sites is 1. The van der Waals surface area contributed by atoms with E-state index in [4.69, 9.17) is 16.5 Å². The summed E-state index contributed by atoms with van der Waals surface area (Å²) in [5.41, 5.74) is 18.9. The van der Waals surface area contributed by atoms with E-state index in [0.717, 1.165) is 39.7 Å². The molecular formula is C19H18N4. The van der Waals surface area contributed by atoms with Crippen LogP contribution < -0.4 is 16.4 Å². The number of benzene rings is 2. The average molecular weight is 302 g/mol. The van der Waals surface area contributed by atoms with Crippen LogP contribution in [-0.2, 0) is 0 Å². The standard InChI is InChI=1S/C19H18N4/c1-12-9-17-19(11-15(12)21)23(14-5-3-2-4-6-14)18-10-13(20)7-8-16(18)22-17/h2-11,13H,20-21H2,1H3. The lowest BCUT2D eigenvalue weighted by Crippen LogP contribution is -2.31. The van der Waals surface area contributed by atoms with Crippen molar-refractivity contribution in [3.63, 3.8) is 0 Å². The Bertz CT molecular complexity index is 862. The van der Waals surface area contributed by atoms with Crippen molar-refractivity contribution in [1.29, 1.82) is 0 Å². The van der Waals surface area contributed by atoms with E-state index in [2.05, 4.69) is 17.0 Å². The highest BCUT2D eigenvalue weighted by Crippen LogP contribution is 2.44. The van der Waals surface area contributed by atoms with Crippen LogP contribution in [0.4, 0.5) is 22.7 Å². The van der Waals surface area contributed by atoms with Crippen LogP contribution in [0.3, 0.4) is 0 Å². The number of hydrogen-bond acceptors (Lipinski definition) is 4. The molecule has 1 aliphatic carbocycles. The number of fused-ring (bicyclic) bond motifs is 2. The maximum absolute atomic E-state index is 6.15. The maximum Gasteiger partial charge on any atom is 0.0882 e. The van der Waals surface area contributed by atoms with E-state index in [0.29, 0.717) is 0 Å². The summed E-state index contributed by atoms with van der Waals surface area (Å²) < 4.78 is 0. The van der Waals surface area contributed by atoms with E-state index >= 15 is 0 Å². The lowest BCUT2D eigenvalue weighted by atomic mass is 10.00. The van der Waals surface area contributed by atoms with Gasteiger partial charge in [-0.25, -0.2) is 4.99 Å². The molecule has 1 atom stereocenters. The van der Waals surface area contributed by atoms with Gasteiger partial charge in [0.05, 0.1) is 22.8 Å². The molecule has 0 fully saturated rings. The Morgan fingerprint density at radius 1 is 1.13 bits per heavy atom. The van der Waals surface area contributed by atoms with Crippen molar-refractivity contribution in [1.82, 2.24) is 0 Å². The number of aryl methyl sites for hydroxylation is 1. The minimum absolute atomic E-state index is 0.112. The Labute approximate surface area is 135 Å². The van der Waals surface area contributed by atoms with E-state index < -0.39 is 0 Å². The molecule has 4 rings (SSSR count). The summed E-state index contributed by atoms with van der Waals surface area (Å²) >= 11 is 0. The molecule has 2 aromatic carbocycles. The first kappa shape index (κ1) is 13.8. The van der Waals surface area contributed by atoms with E-state index in [1.165, 1.54) is 0 Å². The third-order valence-corrected chi connectivity index (χ3v) is 4.19. The van der Waals surface area contributed by atoms with Crippen LogP contribution in [0.5, 0.6) is 0 Å². The van der Waals surface area contributed by atoms with Crippen molar-refractivity contribution in [2.24, 2.45) is 10.7 Å². The molecule has 0 saturated carbocycles. The first-order valence-corrected chi connectivity index (χ1v) is 7.63. The summed E-state index contributed by atoms with van der Waals surface area (Å²) in [6, 6.07) is 14.1. The average Bonchev–Trinajstić information content (AvgIpc) is 2.55. The Balaban J connectivity index is 1.99. The van der Waals surface area contributed by atoms with E-state index in [1.54, 1.807) is 0 Å². The summed E-state index contributed by atoms with van der Waals surface area (Å²) in [6.45, 7) is 2.00. The number of aliphatic imine (C=N–C) groups is 1. The van der Waals surface area contributed by atoms with Crippen molar-refractivity contribution >= 4 is 28.5 Å². The van der Waals surface area contributed by atoms with Gasteiger partial charge in [-0.05, 0) is 48.9 Å². The molecule has 2 aromatic rings. The number of nitrogens with two attached hydrogens (primary N) is 2. The molecule has 0 aromatic heterocycles. The SMILES string of the molecule is Cc1cc2c(cc1N)N(c1ccccc1)C1=CC(N)C=CC1=N2. The summed E-state index contributed by atoms with van der Waals surface area (Å²) in [4.78, 5) is 6.97. The van der Waals surface area contributed by atoms with Gasteiger partial charge < -0.3 is 16.4 Å². The summed E-state index contributed by atoms with van der Waals surface area (Å²) in [7, 11) is 0. The van der Waals surface area contributed by atoms with Crippen LogP contribution in [0.15, 0.2) is 71.4 Å². The van der Waals surface area contributed by atoms with Crippen LogP contribution in [0.25, 0.3) is 0 Å². The molecule has 0 saturated heterocycles.